The molecule has 2 amide bonds. The summed E-state index contributed by atoms with van der Waals surface area (Å²) < 4.78 is 38.8. The number of carbonyl (C=O) groups is 2. The van der Waals surface area contributed by atoms with Gasteiger partial charge >= 0.3 is 6.09 Å². The Labute approximate surface area is 267 Å². The van der Waals surface area contributed by atoms with Crippen molar-refractivity contribution in [2.24, 2.45) is 0 Å². The number of carbonyl (C=O) groups excluding carboxylic acids is 2. The second-order valence-electron chi connectivity index (χ2n) is 11.7. The molecule has 9 heteroatoms. The molecule has 1 spiro atoms. The molecule has 7 rings (SSSR count). The lowest BCUT2D eigenvalue weighted by Crippen LogP contribution is -2.73. The van der Waals surface area contributed by atoms with Crippen molar-refractivity contribution in [2.45, 2.75) is 42.2 Å². The van der Waals surface area contributed by atoms with Crippen LogP contribution in [0.15, 0.2) is 138 Å². The molecule has 2 aliphatic heterocycles. The van der Waals surface area contributed by atoms with Crippen LogP contribution in [0.2, 0.25) is 0 Å². The van der Waals surface area contributed by atoms with Gasteiger partial charge in [0.2, 0.25) is 0 Å². The largest absolute Gasteiger partial charge is 0.445 e. The van der Waals surface area contributed by atoms with Crippen molar-refractivity contribution < 1.29 is 26.9 Å². The third-order valence-corrected chi connectivity index (χ3v) is 10.2. The predicted molar refractivity (Wildman–Crippen MR) is 173 cm³/mol. The molecule has 0 N–H and O–H groups in total. The number of hydrogen-bond donors (Lipinski definition) is 0. The second-order valence-corrected chi connectivity index (χ2v) is 13.3. The first-order valence-electron chi connectivity index (χ1n) is 15.2. The molecule has 5 aromatic carbocycles. The van der Waals surface area contributed by atoms with E-state index in [-0.39, 0.29) is 30.4 Å². The van der Waals surface area contributed by atoms with E-state index in [1.807, 2.05) is 115 Å². The minimum Gasteiger partial charge on any atom is -0.445 e. The Balaban J connectivity index is 1.23. The van der Waals surface area contributed by atoms with Crippen LogP contribution in [0.4, 0.5) is 4.79 Å². The lowest BCUT2D eigenvalue weighted by Gasteiger charge is -2.57. The van der Waals surface area contributed by atoms with Crippen molar-refractivity contribution in [2.75, 3.05) is 6.54 Å². The highest BCUT2D eigenvalue weighted by Gasteiger charge is 2.69. The summed E-state index contributed by atoms with van der Waals surface area (Å²) in [6.07, 6.45) is -1.69. The minimum atomic E-state index is -4.24. The molecule has 0 unspecified atom stereocenters. The highest BCUT2D eigenvalue weighted by Crippen LogP contribution is 2.54. The van der Waals surface area contributed by atoms with Crippen LogP contribution in [0, 0.1) is 0 Å². The highest BCUT2D eigenvalue weighted by molar-refractivity contribution is 7.86. The van der Waals surface area contributed by atoms with Crippen molar-refractivity contribution in [1.82, 2.24) is 9.80 Å². The maximum absolute atomic E-state index is 14.4. The molecule has 0 aliphatic carbocycles. The fourth-order valence-corrected chi connectivity index (χ4v) is 7.82. The first kappa shape index (κ1) is 29.7. The van der Waals surface area contributed by atoms with Gasteiger partial charge in [-0.1, -0.05) is 121 Å². The van der Waals surface area contributed by atoms with E-state index < -0.39 is 33.9 Å². The molecule has 2 aliphatic rings. The first-order chi connectivity index (χ1) is 22.3. The van der Waals surface area contributed by atoms with Crippen molar-refractivity contribution in [3.8, 4) is 0 Å². The SMILES string of the molecule is O=C(OCc1ccccc1)N1C[C@H](OS(=O)(=O)c2ccc3ccccc3c2)C[C@]12C(=O)N(Cc1ccccc1)[C@@H]2c1ccccc1. The van der Waals surface area contributed by atoms with Gasteiger partial charge in [-0.05, 0) is 39.6 Å². The van der Waals surface area contributed by atoms with Gasteiger partial charge in [-0.3, -0.25) is 13.9 Å². The maximum atomic E-state index is 14.4. The van der Waals surface area contributed by atoms with Crippen molar-refractivity contribution >= 4 is 32.9 Å². The predicted octanol–water partition coefficient (Wildman–Crippen LogP) is 6.48. The van der Waals surface area contributed by atoms with Gasteiger partial charge in [0.25, 0.3) is 16.0 Å². The normalized spacial score (nSPS) is 21.0. The van der Waals surface area contributed by atoms with Crippen LogP contribution in [0.3, 0.4) is 0 Å². The Hall–Kier alpha value is -4.99. The molecule has 2 saturated heterocycles. The quantitative estimate of drug-likeness (QED) is 0.144. The zero-order valence-electron chi connectivity index (χ0n) is 24.9. The number of hydrogen-bond acceptors (Lipinski definition) is 6. The summed E-state index contributed by atoms with van der Waals surface area (Å²) in [5.41, 5.74) is 1.17. The Kier molecular flexibility index (Phi) is 7.80. The Morgan fingerprint density at radius 3 is 2.07 bits per heavy atom. The van der Waals surface area contributed by atoms with Crippen molar-refractivity contribution in [1.29, 1.82) is 0 Å². The molecule has 3 atom stereocenters. The number of nitrogens with zero attached hydrogens (tertiary/aromatic N) is 2. The first-order valence-corrected chi connectivity index (χ1v) is 16.6. The highest BCUT2D eigenvalue weighted by atomic mass is 32.2. The smallest absolute Gasteiger partial charge is 0.411 e. The average molecular weight is 633 g/mol. The number of amides is 2. The number of benzene rings is 5. The Bertz CT molecular complexity index is 1990. The number of ether oxygens (including phenoxy) is 1. The number of rotatable bonds is 8. The summed E-state index contributed by atoms with van der Waals surface area (Å²) in [5.74, 6) is -0.281. The van der Waals surface area contributed by atoms with Crippen molar-refractivity contribution in [3.63, 3.8) is 0 Å². The minimum absolute atomic E-state index is 0.00505. The van der Waals surface area contributed by atoms with E-state index in [1.54, 1.807) is 17.0 Å². The summed E-state index contributed by atoms with van der Waals surface area (Å²) in [4.78, 5) is 31.4. The standard InChI is InChI=1S/C37H32N2O6S/c40-35-37(34(30-17-8-3-9-18-30)38(35)24-27-12-4-1-5-13-27)23-32(25-39(37)36(41)44-26-28-14-6-2-7-15-28)45-46(42,43)33-21-20-29-16-10-11-19-31(29)22-33/h1-22,32,34H,23-26H2/t32-,34-,37+/m1/s1. The summed E-state index contributed by atoms with van der Waals surface area (Å²) in [7, 11) is -4.24. The fraction of sp³-hybridized carbons (Fsp3) is 0.189. The third-order valence-electron chi connectivity index (χ3n) is 8.81. The van der Waals surface area contributed by atoms with Crippen LogP contribution in [-0.4, -0.2) is 48.4 Å². The fourth-order valence-electron chi connectivity index (χ4n) is 6.72. The molecule has 46 heavy (non-hydrogen) atoms. The van der Waals surface area contributed by atoms with Gasteiger partial charge in [-0.25, -0.2) is 4.79 Å². The van der Waals surface area contributed by atoms with E-state index in [9.17, 15) is 18.0 Å². The summed E-state index contributed by atoms with van der Waals surface area (Å²) in [6, 6.07) is 40.1. The Morgan fingerprint density at radius 2 is 1.37 bits per heavy atom. The maximum Gasteiger partial charge on any atom is 0.411 e. The van der Waals surface area contributed by atoms with Gasteiger partial charge in [0, 0.05) is 13.0 Å². The van der Waals surface area contributed by atoms with E-state index in [0.29, 0.717) is 6.54 Å². The summed E-state index contributed by atoms with van der Waals surface area (Å²) in [6.45, 7) is 0.203. The summed E-state index contributed by atoms with van der Waals surface area (Å²) >= 11 is 0. The van der Waals surface area contributed by atoms with Crippen LogP contribution < -0.4 is 0 Å². The zero-order chi connectivity index (χ0) is 31.7. The molecule has 0 radical (unpaired) electrons. The molecule has 5 aromatic rings. The zero-order valence-corrected chi connectivity index (χ0v) is 25.8. The third kappa shape index (κ3) is 5.42. The van der Waals surface area contributed by atoms with E-state index >= 15 is 0 Å². The monoisotopic (exact) mass is 632 g/mol. The Morgan fingerprint density at radius 1 is 0.761 bits per heavy atom. The van der Waals surface area contributed by atoms with Gasteiger partial charge in [-0.2, -0.15) is 8.42 Å². The van der Waals surface area contributed by atoms with Gasteiger partial charge in [-0.15, -0.1) is 0 Å². The second kappa shape index (κ2) is 12.1. The average Bonchev–Trinajstić information content (AvgIpc) is 3.48. The van der Waals surface area contributed by atoms with Crippen LogP contribution in [0.1, 0.15) is 29.2 Å². The van der Waals surface area contributed by atoms with E-state index in [4.69, 9.17) is 8.92 Å². The van der Waals surface area contributed by atoms with Gasteiger partial charge < -0.3 is 9.64 Å². The van der Waals surface area contributed by atoms with Crippen molar-refractivity contribution in [3.05, 3.63) is 150 Å². The van der Waals surface area contributed by atoms with Crippen LogP contribution in [0.25, 0.3) is 10.8 Å². The van der Waals surface area contributed by atoms with E-state index in [2.05, 4.69) is 0 Å². The van der Waals surface area contributed by atoms with Gasteiger partial charge in [0.05, 0.1) is 23.6 Å². The van der Waals surface area contributed by atoms with Crippen LogP contribution in [0.5, 0.6) is 0 Å². The number of fused-ring (bicyclic) bond motifs is 1. The summed E-state index contributed by atoms with van der Waals surface area (Å²) in [5, 5.41) is 1.66. The van der Waals surface area contributed by atoms with E-state index in [0.717, 1.165) is 27.5 Å². The lowest BCUT2D eigenvalue weighted by atomic mass is 9.72. The topological polar surface area (TPSA) is 93.2 Å². The molecule has 8 nitrogen and oxygen atoms in total. The van der Waals surface area contributed by atoms with Crippen LogP contribution >= 0.6 is 0 Å². The molecule has 0 bridgehead atoms. The van der Waals surface area contributed by atoms with Gasteiger partial charge in [0.15, 0.2) is 5.54 Å². The molecule has 2 fully saturated rings. The molecule has 232 valence electrons. The van der Waals surface area contributed by atoms with E-state index in [1.165, 1.54) is 11.0 Å². The van der Waals surface area contributed by atoms with Gasteiger partial charge in [0.1, 0.15) is 6.61 Å². The molecular formula is C37H32N2O6S. The molecule has 2 heterocycles. The molecule has 0 aromatic heterocycles. The number of β-lactam (4-membered cyclic amide) rings is 1. The molecule has 0 saturated carbocycles. The molecular weight excluding hydrogens is 600 g/mol. The number of likely N-dealkylation sites (tertiary alicyclic amines) is 2. The van der Waals surface area contributed by atoms with Crippen LogP contribution in [-0.2, 0) is 37.0 Å². The lowest BCUT2D eigenvalue weighted by molar-refractivity contribution is -0.174.